The van der Waals surface area contributed by atoms with Crippen molar-refractivity contribution in [2.24, 2.45) is 0 Å². The predicted molar refractivity (Wildman–Crippen MR) is 84.3 cm³/mol. The normalized spacial score (nSPS) is 18.8. The van der Waals surface area contributed by atoms with Crippen molar-refractivity contribution in [3.05, 3.63) is 24.3 Å². The molecule has 0 unspecified atom stereocenters. The van der Waals surface area contributed by atoms with E-state index in [0.29, 0.717) is 12.3 Å². The van der Waals surface area contributed by atoms with Gasteiger partial charge in [-0.2, -0.15) is 0 Å². The number of ether oxygens (including phenoxy) is 1. The van der Waals surface area contributed by atoms with E-state index in [2.05, 4.69) is 4.90 Å². The fourth-order valence-corrected chi connectivity index (χ4v) is 2.69. The lowest BCUT2D eigenvalue weighted by molar-refractivity contribution is -0.147. The van der Waals surface area contributed by atoms with E-state index in [1.807, 2.05) is 45.2 Å². The van der Waals surface area contributed by atoms with Crippen molar-refractivity contribution in [1.82, 2.24) is 9.80 Å². The molecule has 1 aromatic carbocycles. The molecule has 1 aliphatic rings. The molecule has 1 amide bonds. The number of nitrogens with two attached hydrogens (primary N) is 1. The Bertz CT molecular complexity index is 502. The smallest absolute Gasteiger partial charge is 0.242 e. The first-order valence-electron chi connectivity index (χ1n) is 7.41. The number of rotatable bonds is 5. The molecule has 1 aliphatic heterocycles. The number of carbonyl (C=O) groups is 1. The maximum atomic E-state index is 12.2. The van der Waals surface area contributed by atoms with E-state index in [4.69, 9.17) is 10.5 Å². The van der Waals surface area contributed by atoms with Crippen LogP contribution >= 0.6 is 0 Å². The van der Waals surface area contributed by atoms with Crippen LogP contribution < -0.4 is 10.5 Å². The number of benzene rings is 1. The Kier molecular flexibility index (Phi) is 4.73. The first kappa shape index (κ1) is 15.6. The molecule has 1 fully saturated rings. The van der Waals surface area contributed by atoms with Gasteiger partial charge in [0.1, 0.15) is 5.75 Å². The summed E-state index contributed by atoms with van der Waals surface area (Å²) >= 11 is 0. The average molecular weight is 291 g/mol. The van der Waals surface area contributed by atoms with E-state index in [0.717, 1.165) is 31.8 Å². The number of carbonyl (C=O) groups excluding carboxylic acids is 1. The molecule has 0 radical (unpaired) electrons. The number of anilines is 1. The van der Waals surface area contributed by atoms with Gasteiger partial charge in [-0.1, -0.05) is 12.1 Å². The van der Waals surface area contributed by atoms with Crippen LogP contribution in [0.5, 0.6) is 5.75 Å². The number of likely N-dealkylation sites (N-methyl/N-ethyl adjacent to an activating group) is 1. The summed E-state index contributed by atoms with van der Waals surface area (Å²) in [5.41, 5.74) is 6.06. The lowest BCUT2D eigenvalue weighted by Gasteiger charge is -2.44. The molecule has 1 saturated heterocycles. The fraction of sp³-hybridized carbons (Fsp3) is 0.562. The highest BCUT2D eigenvalue weighted by molar-refractivity contribution is 5.86. The van der Waals surface area contributed by atoms with Crippen molar-refractivity contribution in [2.45, 2.75) is 25.8 Å². The van der Waals surface area contributed by atoms with Crippen LogP contribution in [-0.4, -0.2) is 54.5 Å². The van der Waals surface area contributed by atoms with Gasteiger partial charge in [-0.25, -0.2) is 0 Å². The van der Waals surface area contributed by atoms with Crippen LogP contribution in [0.4, 0.5) is 5.69 Å². The van der Waals surface area contributed by atoms with Gasteiger partial charge < -0.3 is 15.4 Å². The minimum absolute atomic E-state index is 0.182. The third kappa shape index (κ3) is 3.47. The van der Waals surface area contributed by atoms with Crippen molar-refractivity contribution in [3.8, 4) is 5.75 Å². The van der Waals surface area contributed by atoms with Gasteiger partial charge in [0.15, 0.2) is 0 Å². The van der Waals surface area contributed by atoms with E-state index >= 15 is 0 Å². The number of nitrogens with zero attached hydrogens (tertiary/aromatic N) is 2. The second-order valence-electron chi connectivity index (χ2n) is 6.01. The molecule has 1 aromatic rings. The number of piperazine rings is 1. The monoisotopic (exact) mass is 291 g/mol. The van der Waals surface area contributed by atoms with Gasteiger partial charge in [0.05, 0.1) is 17.8 Å². The third-order valence-electron chi connectivity index (χ3n) is 4.11. The van der Waals surface area contributed by atoms with Gasteiger partial charge in [-0.15, -0.1) is 0 Å². The molecule has 0 bridgehead atoms. The van der Waals surface area contributed by atoms with Crippen molar-refractivity contribution < 1.29 is 9.53 Å². The molecule has 0 spiro atoms. The summed E-state index contributed by atoms with van der Waals surface area (Å²) in [7, 11) is 1.86. The molecule has 0 aromatic heterocycles. The molecular weight excluding hydrogens is 266 g/mol. The minimum Gasteiger partial charge on any atom is -0.491 e. The van der Waals surface area contributed by atoms with E-state index in [9.17, 15) is 4.79 Å². The largest absolute Gasteiger partial charge is 0.491 e. The average Bonchev–Trinajstić information content (AvgIpc) is 2.45. The zero-order valence-electron chi connectivity index (χ0n) is 13.1. The highest BCUT2D eigenvalue weighted by Crippen LogP contribution is 2.22. The summed E-state index contributed by atoms with van der Waals surface area (Å²) in [6, 6.07) is 7.50. The van der Waals surface area contributed by atoms with E-state index in [-0.39, 0.29) is 5.91 Å². The van der Waals surface area contributed by atoms with Gasteiger partial charge in [0.25, 0.3) is 0 Å². The Hall–Kier alpha value is -1.75. The van der Waals surface area contributed by atoms with E-state index < -0.39 is 5.54 Å². The first-order chi connectivity index (χ1) is 9.93. The highest BCUT2D eigenvalue weighted by atomic mass is 16.5. The van der Waals surface area contributed by atoms with Gasteiger partial charge in [-0.05, 0) is 32.4 Å². The molecule has 116 valence electrons. The van der Waals surface area contributed by atoms with Crippen LogP contribution in [0, 0.1) is 0 Å². The molecule has 1 heterocycles. The van der Waals surface area contributed by atoms with Gasteiger partial charge in [0, 0.05) is 26.7 Å². The van der Waals surface area contributed by atoms with Crippen molar-refractivity contribution >= 4 is 11.6 Å². The van der Waals surface area contributed by atoms with E-state index in [1.165, 1.54) is 0 Å². The maximum Gasteiger partial charge on any atom is 0.242 e. The third-order valence-corrected chi connectivity index (χ3v) is 4.11. The second kappa shape index (κ2) is 6.35. The Balaban J connectivity index is 1.81. The SMILES string of the molecule is CN1CCN(CCCOc2ccccc2N)C(C)(C)C1=O. The molecule has 5 nitrogen and oxygen atoms in total. The van der Waals surface area contributed by atoms with Crippen LogP contribution in [0.1, 0.15) is 20.3 Å². The van der Waals surface area contributed by atoms with Crippen molar-refractivity contribution in [1.29, 1.82) is 0 Å². The summed E-state index contributed by atoms with van der Waals surface area (Å²) < 4.78 is 5.70. The molecule has 0 aliphatic carbocycles. The lowest BCUT2D eigenvalue weighted by Crippen LogP contribution is -2.62. The van der Waals surface area contributed by atoms with Gasteiger partial charge in [-0.3, -0.25) is 9.69 Å². The standard InChI is InChI=1S/C16H25N3O2/c1-16(2)15(20)18(3)10-11-19(16)9-6-12-21-14-8-5-4-7-13(14)17/h4-5,7-8H,6,9-12,17H2,1-3H3. The molecule has 0 atom stereocenters. The summed E-state index contributed by atoms with van der Waals surface area (Å²) in [5, 5.41) is 0. The molecule has 2 rings (SSSR count). The fourth-order valence-electron chi connectivity index (χ4n) is 2.69. The maximum absolute atomic E-state index is 12.2. The zero-order chi connectivity index (χ0) is 15.5. The number of nitrogen functional groups attached to an aromatic ring is 1. The molecule has 0 saturated carbocycles. The molecule has 2 N–H and O–H groups in total. The quantitative estimate of drug-likeness (QED) is 0.661. The summed E-state index contributed by atoms with van der Waals surface area (Å²) in [6.45, 7) is 7.11. The number of amides is 1. The Morgan fingerprint density at radius 3 is 2.71 bits per heavy atom. The number of para-hydroxylation sites is 2. The second-order valence-corrected chi connectivity index (χ2v) is 6.01. The van der Waals surface area contributed by atoms with Crippen LogP contribution in [0.15, 0.2) is 24.3 Å². The molecule has 5 heteroatoms. The van der Waals surface area contributed by atoms with Gasteiger partial charge >= 0.3 is 0 Å². The summed E-state index contributed by atoms with van der Waals surface area (Å²) in [4.78, 5) is 16.2. The zero-order valence-corrected chi connectivity index (χ0v) is 13.1. The van der Waals surface area contributed by atoms with Crippen LogP contribution in [0.2, 0.25) is 0 Å². The van der Waals surface area contributed by atoms with Crippen LogP contribution in [-0.2, 0) is 4.79 Å². The van der Waals surface area contributed by atoms with Gasteiger partial charge in [0.2, 0.25) is 5.91 Å². The number of hydrogen-bond acceptors (Lipinski definition) is 4. The lowest BCUT2D eigenvalue weighted by atomic mass is 9.97. The molecular formula is C16H25N3O2. The van der Waals surface area contributed by atoms with Crippen LogP contribution in [0.25, 0.3) is 0 Å². The topological polar surface area (TPSA) is 58.8 Å². The number of hydrogen-bond donors (Lipinski definition) is 1. The Labute approximate surface area is 126 Å². The highest BCUT2D eigenvalue weighted by Gasteiger charge is 2.39. The Morgan fingerprint density at radius 1 is 1.29 bits per heavy atom. The predicted octanol–water partition coefficient (Wildman–Crippen LogP) is 1.59. The first-order valence-corrected chi connectivity index (χ1v) is 7.41. The Morgan fingerprint density at radius 2 is 2.00 bits per heavy atom. The summed E-state index contributed by atoms with van der Waals surface area (Å²) in [5.74, 6) is 0.910. The molecule has 21 heavy (non-hydrogen) atoms. The van der Waals surface area contributed by atoms with Crippen molar-refractivity contribution in [3.63, 3.8) is 0 Å². The van der Waals surface area contributed by atoms with Crippen LogP contribution in [0.3, 0.4) is 0 Å². The van der Waals surface area contributed by atoms with E-state index in [1.54, 1.807) is 4.90 Å². The van der Waals surface area contributed by atoms with Crippen molar-refractivity contribution in [2.75, 3.05) is 39.0 Å². The minimum atomic E-state index is -0.432. The summed E-state index contributed by atoms with van der Waals surface area (Å²) in [6.07, 6.45) is 0.870.